The molecule has 58 heavy (non-hydrogen) atoms. The van der Waals surface area contributed by atoms with Crippen molar-refractivity contribution >= 4 is 28.5 Å². The number of ether oxygens (including phenoxy) is 2. The van der Waals surface area contributed by atoms with Crippen LogP contribution in [-0.4, -0.2) is 69.7 Å². The summed E-state index contributed by atoms with van der Waals surface area (Å²) in [7, 11) is 0. The summed E-state index contributed by atoms with van der Waals surface area (Å²) in [4.78, 5) is 39.7. The third-order valence-corrected chi connectivity index (χ3v) is 11.7. The van der Waals surface area contributed by atoms with Crippen molar-refractivity contribution in [3.05, 3.63) is 162 Å². The number of amides is 2. The minimum atomic E-state index is -0.583. The molecule has 4 heterocycles. The average Bonchev–Trinajstić information content (AvgIpc) is 3.60. The molecule has 1 aromatic heterocycles. The van der Waals surface area contributed by atoms with Gasteiger partial charge in [-0.1, -0.05) is 97.1 Å². The molecular weight excluding hydrogens is 729 g/mol. The molecule has 0 unspecified atom stereocenters. The second-order valence-corrected chi connectivity index (χ2v) is 15.4. The van der Waals surface area contributed by atoms with Gasteiger partial charge in [-0.15, -0.1) is 0 Å². The summed E-state index contributed by atoms with van der Waals surface area (Å²) in [6.45, 7) is 3.15. The molecular formula is C47H46N6O5. The van der Waals surface area contributed by atoms with Crippen molar-refractivity contribution in [2.75, 3.05) is 31.2 Å². The Bertz CT molecular complexity index is 2380. The lowest BCUT2D eigenvalue weighted by atomic mass is 9.85. The van der Waals surface area contributed by atoms with E-state index < -0.39 is 11.8 Å². The highest BCUT2D eigenvalue weighted by atomic mass is 16.7. The molecule has 3 aliphatic heterocycles. The van der Waals surface area contributed by atoms with Crippen molar-refractivity contribution in [3.63, 3.8) is 0 Å². The number of benzene rings is 5. The first-order chi connectivity index (χ1) is 28.4. The maximum absolute atomic E-state index is 13.3. The van der Waals surface area contributed by atoms with Crippen molar-refractivity contribution < 1.29 is 24.2 Å². The molecule has 0 aliphatic carbocycles. The summed E-state index contributed by atoms with van der Waals surface area (Å²) in [6.07, 6.45) is 2.77. The highest BCUT2D eigenvalue weighted by molar-refractivity contribution is 5.94. The van der Waals surface area contributed by atoms with E-state index in [4.69, 9.17) is 9.47 Å². The van der Waals surface area contributed by atoms with Crippen LogP contribution in [0.1, 0.15) is 64.4 Å². The van der Waals surface area contributed by atoms with Gasteiger partial charge in [0.2, 0.25) is 5.91 Å². The molecule has 6 aromatic rings. The lowest BCUT2D eigenvalue weighted by Crippen LogP contribution is -2.57. The van der Waals surface area contributed by atoms with E-state index in [0.717, 1.165) is 77.1 Å². The number of anilines is 1. The van der Waals surface area contributed by atoms with E-state index in [-0.39, 0.29) is 36.3 Å². The Morgan fingerprint density at radius 1 is 0.810 bits per heavy atom. The van der Waals surface area contributed by atoms with E-state index in [2.05, 4.69) is 78.9 Å². The second-order valence-electron chi connectivity index (χ2n) is 15.4. The van der Waals surface area contributed by atoms with Crippen molar-refractivity contribution in [2.45, 2.75) is 56.5 Å². The van der Waals surface area contributed by atoms with E-state index in [0.29, 0.717) is 25.2 Å². The Balaban J connectivity index is 0.876. The third-order valence-electron chi connectivity index (χ3n) is 11.7. The number of aliphatic hydroxyl groups is 1. The topological polar surface area (TPSA) is 129 Å². The normalized spacial score (nSPS) is 20.6. The Morgan fingerprint density at radius 3 is 2.33 bits per heavy atom. The largest absolute Gasteiger partial charge is 0.392 e. The Morgan fingerprint density at radius 2 is 1.55 bits per heavy atom. The summed E-state index contributed by atoms with van der Waals surface area (Å²) in [5, 5.41) is 15.8. The minimum absolute atomic E-state index is 0.0131. The zero-order chi connectivity index (χ0) is 39.5. The molecule has 0 saturated carbocycles. The van der Waals surface area contributed by atoms with Crippen LogP contribution in [0.4, 0.5) is 5.69 Å². The molecule has 0 bridgehead atoms. The number of fused-ring (bicyclic) bond motifs is 1. The smallest absolute Gasteiger partial charge is 0.271 e. The Kier molecular flexibility index (Phi) is 10.7. The lowest BCUT2D eigenvalue weighted by Gasteiger charge is -2.45. The number of piperidine rings is 1. The highest BCUT2D eigenvalue weighted by Crippen LogP contribution is 2.40. The summed E-state index contributed by atoms with van der Waals surface area (Å²) >= 11 is 0. The van der Waals surface area contributed by atoms with Crippen LogP contribution in [0.2, 0.25) is 0 Å². The predicted molar refractivity (Wildman–Crippen MR) is 221 cm³/mol. The van der Waals surface area contributed by atoms with Gasteiger partial charge in [0.15, 0.2) is 6.29 Å². The molecule has 0 radical (unpaired) electrons. The van der Waals surface area contributed by atoms with Crippen molar-refractivity contribution in [2.24, 2.45) is 0 Å². The van der Waals surface area contributed by atoms with Crippen molar-refractivity contribution in [3.8, 4) is 11.1 Å². The monoisotopic (exact) mass is 774 g/mol. The summed E-state index contributed by atoms with van der Waals surface area (Å²) < 4.78 is 13.4. The van der Waals surface area contributed by atoms with Gasteiger partial charge in [-0.3, -0.25) is 14.6 Å². The molecule has 3 N–H and O–H groups in total. The zero-order valence-electron chi connectivity index (χ0n) is 32.2. The molecule has 3 saturated heterocycles. The zero-order valence-corrected chi connectivity index (χ0v) is 32.2. The SMILES string of the molecule is O=C(NCc1cccc(-c2ccc([C@@H]3O[C@H](CN4CCC5(CC4)C(=O)NCN5c4ccccc4)C[C@H](c4ccc(CO)cc4)O3)cc2)c1)c1cnc2ccccc2n1. The molecule has 5 aromatic carbocycles. The predicted octanol–water partition coefficient (Wildman–Crippen LogP) is 6.69. The minimum Gasteiger partial charge on any atom is -0.392 e. The van der Waals surface area contributed by atoms with Crippen LogP contribution < -0.4 is 15.5 Å². The van der Waals surface area contributed by atoms with Gasteiger partial charge in [-0.2, -0.15) is 0 Å². The second kappa shape index (κ2) is 16.5. The van der Waals surface area contributed by atoms with Crippen molar-refractivity contribution in [1.82, 2.24) is 25.5 Å². The molecule has 2 amide bonds. The van der Waals surface area contributed by atoms with Crippen LogP contribution >= 0.6 is 0 Å². The Labute approximate surface area is 337 Å². The van der Waals surface area contributed by atoms with Gasteiger partial charge in [0.1, 0.15) is 11.2 Å². The lowest BCUT2D eigenvalue weighted by molar-refractivity contribution is -0.253. The summed E-state index contributed by atoms with van der Waals surface area (Å²) in [5.41, 5.74) is 8.07. The number of aromatic nitrogens is 2. The number of rotatable bonds is 10. The number of nitrogens with one attached hydrogen (secondary N) is 2. The molecule has 11 nitrogen and oxygen atoms in total. The number of para-hydroxylation sites is 3. The van der Waals surface area contributed by atoms with Gasteiger partial charge in [0.05, 0.1) is 42.7 Å². The number of aliphatic hydroxyl groups excluding tert-OH is 1. The van der Waals surface area contributed by atoms with Crippen LogP contribution in [0.25, 0.3) is 22.2 Å². The fourth-order valence-electron chi connectivity index (χ4n) is 8.49. The number of hydrogen-bond acceptors (Lipinski definition) is 9. The van der Waals surface area contributed by atoms with Crippen LogP contribution in [-0.2, 0) is 27.4 Å². The van der Waals surface area contributed by atoms with Gasteiger partial charge < -0.3 is 35.0 Å². The molecule has 294 valence electrons. The Hall–Kier alpha value is -5.98. The third kappa shape index (κ3) is 7.81. The fourth-order valence-corrected chi connectivity index (χ4v) is 8.49. The van der Waals surface area contributed by atoms with E-state index in [9.17, 15) is 14.7 Å². The van der Waals surface area contributed by atoms with Gasteiger partial charge in [-0.05, 0) is 71.0 Å². The first-order valence-electron chi connectivity index (χ1n) is 20.0. The van der Waals surface area contributed by atoms with Gasteiger partial charge in [-0.25, -0.2) is 4.98 Å². The molecule has 9 rings (SSSR count). The number of likely N-dealkylation sites (tertiary alicyclic amines) is 1. The molecule has 11 heteroatoms. The first-order valence-corrected chi connectivity index (χ1v) is 20.0. The number of hydrogen-bond donors (Lipinski definition) is 3. The van der Waals surface area contributed by atoms with Gasteiger partial charge in [0.25, 0.3) is 5.91 Å². The molecule has 3 fully saturated rings. The maximum atomic E-state index is 13.3. The maximum Gasteiger partial charge on any atom is 0.271 e. The fraction of sp³-hybridized carbons (Fsp3) is 0.277. The van der Waals surface area contributed by atoms with Gasteiger partial charge in [0, 0.05) is 43.9 Å². The first kappa shape index (κ1) is 37.6. The summed E-state index contributed by atoms with van der Waals surface area (Å²) in [5.74, 6) is -0.166. The van der Waals surface area contributed by atoms with Crippen LogP contribution in [0.3, 0.4) is 0 Å². The van der Waals surface area contributed by atoms with E-state index in [1.165, 1.54) is 6.20 Å². The van der Waals surface area contributed by atoms with Crippen LogP contribution in [0.15, 0.2) is 134 Å². The molecule has 3 aliphatic rings. The summed E-state index contributed by atoms with van der Waals surface area (Å²) in [6, 6.07) is 42.0. The average molecular weight is 775 g/mol. The van der Waals surface area contributed by atoms with Gasteiger partial charge >= 0.3 is 0 Å². The van der Waals surface area contributed by atoms with E-state index in [1.54, 1.807) is 0 Å². The number of nitrogens with zero attached hydrogens (tertiary/aromatic N) is 4. The highest BCUT2D eigenvalue weighted by Gasteiger charge is 2.50. The van der Waals surface area contributed by atoms with Crippen LogP contribution in [0.5, 0.6) is 0 Å². The van der Waals surface area contributed by atoms with E-state index in [1.807, 2.05) is 78.9 Å². The number of carbonyl (C=O) groups excluding carboxylic acids is 2. The van der Waals surface area contributed by atoms with Crippen molar-refractivity contribution in [1.29, 1.82) is 0 Å². The van der Waals surface area contributed by atoms with E-state index >= 15 is 0 Å². The quantitative estimate of drug-likeness (QED) is 0.139. The standard InChI is InChI=1S/C47H46N6O5/c54-30-32-13-15-35(16-14-32)43-26-39(29-52-23-21-47(22-24-52)46(56)50-31-53(47)38-9-2-1-3-10-38)57-45(58-43)36-19-17-34(18-20-36)37-8-6-7-33(25-37)27-49-44(55)42-28-48-40-11-4-5-12-41(40)51-42/h1-20,25,28,39,43,45,54H,21-24,26-27,29-31H2,(H,49,55)(H,50,56)/t39-,43+,45+/m0/s1. The molecule has 3 atom stereocenters. The van der Waals surface area contributed by atoms with Crippen LogP contribution in [0, 0.1) is 0 Å². The molecule has 1 spiro atoms. The number of carbonyl (C=O) groups is 2.